The van der Waals surface area contributed by atoms with Crippen molar-refractivity contribution < 1.29 is 47.4 Å². The van der Waals surface area contributed by atoms with Gasteiger partial charge in [-0.2, -0.15) is 0 Å². The monoisotopic (exact) mass is 1170 g/mol. The lowest BCUT2D eigenvalue weighted by Crippen LogP contribution is -2.61. The summed E-state index contributed by atoms with van der Waals surface area (Å²) >= 11 is 0. The molecule has 0 radical (unpaired) electrons. The van der Waals surface area contributed by atoms with E-state index in [-0.39, 0.29) is 39.6 Å². The summed E-state index contributed by atoms with van der Waals surface area (Å²) in [6, 6.07) is 95.2. The fraction of sp³-hybridized carbons (Fsp3) is 0.256. The molecule has 10 nitrogen and oxygen atoms in total. The maximum Gasteiger partial charge on any atom is 0.118 e. The van der Waals surface area contributed by atoms with Gasteiger partial charge in [-0.3, -0.25) is 0 Å². The Balaban J connectivity index is 1.02. The Labute approximate surface area is 516 Å². The molecule has 3 heterocycles. The highest BCUT2D eigenvalue weighted by molar-refractivity contribution is 5.84. The molecule has 0 saturated carbocycles. The van der Waals surface area contributed by atoms with E-state index in [2.05, 4.69) is 158 Å². The van der Waals surface area contributed by atoms with Crippen LogP contribution in [0.1, 0.15) is 80.1 Å². The molecule has 0 amide bonds. The molecule has 446 valence electrons. The van der Waals surface area contributed by atoms with E-state index in [0.717, 1.165) is 66.4 Å². The fourth-order valence-corrected chi connectivity index (χ4v) is 12.5. The van der Waals surface area contributed by atoms with Gasteiger partial charge in [0.25, 0.3) is 0 Å². The van der Waals surface area contributed by atoms with E-state index in [4.69, 9.17) is 47.4 Å². The molecular formula is C78H74O10. The van der Waals surface area contributed by atoms with Gasteiger partial charge in [0, 0.05) is 0 Å². The minimum atomic E-state index is -0.841. The lowest BCUT2D eigenvalue weighted by Gasteiger charge is -2.52. The van der Waals surface area contributed by atoms with Crippen LogP contribution in [0.5, 0.6) is 0 Å². The van der Waals surface area contributed by atoms with Crippen molar-refractivity contribution in [2.75, 3.05) is 13.2 Å². The SMILES string of the molecule is c1ccc(COC[C@H]2O[C@H]3c4cc5ccccc5cc4[C@@H]4O[C@H](COCc5ccccc5)[C@@H](OCc5ccccc5)[C@H](OCc5ccccc5)[C@H]4O[C@@H](c4ccccc4)[C@H](c4ccccc4)O[C@@H]3[C@@H](OCc3ccccc3)[C@@H]2OCc2ccccc2)cc1. The van der Waals surface area contributed by atoms with Gasteiger partial charge in [-0.15, -0.1) is 0 Å². The molecule has 0 N–H and O–H groups in total. The average Bonchev–Trinajstić information content (AvgIpc) is 1.22. The van der Waals surface area contributed by atoms with Crippen LogP contribution in [0, 0.1) is 0 Å². The summed E-state index contributed by atoms with van der Waals surface area (Å²) in [7, 11) is 0. The average molecular weight is 1170 g/mol. The second-order valence-electron chi connectivity index (χ2n) is 22.9. The molecule has 10 aromatic carbocycles. The number of rotatable bonds is 22. The van der Waals surface area contributed by atoms with Crippen molar-refractivity contribution in [1.29, 1.82) is 0 Å². The van der Waals surface area contributed by atoms with Gasteiger partial charge < -0.3 is 47.4 Å². The van der Waals surface area contributed by atoms with Crippen LogP contribution in [-0.2, 0) is 87.0 Å². The third-order valence-corrected chi connectivity index (χ3v) is 16.9. The van der Waals surface area contributed by atoms with E-state index < -0.39 is 73.2 Å². The Morgan fingerprint density at radius 1 is 0.250 bits per heavy atom. The molecule has 0 aliphatic carbocycles. The Morgan fingerprint density at radius 3 is 0.818 bits per heavy atom. The Hall–Kier alpha value is -7.94. The van der Waals surface area contributed by atoms with Crippen molar-refractivity contribution in [1.82, 2.24) is 0 Å². The topological polar surface area (TPSA) is 92.3 Å². The lowest BCUT2D eigenvalue weighted by molar-refractivity contribution is -0.310. The number of hydrogen-bond acceptors (Lipinski definition) is 10. The Kier molecular flexibility index (Phi) is 19.7. The van der Waals surface area contributed by atoms with Crippen LogP contribution < -0.4 is 0 Å². The molecule has 0 spiro atoms. The predicted molar refractivity (Wildman–Crippen MR) is 340 cm³/mol. The van der Waals surface area contributed by atoms with Gasteiger partial charge in [0.05, 0.1) is 52.9 Å². The number of fused-ring (bicyclic) bond motifs is 6. The summed E-state index contributed by atoms with van der Waals surface area (Å²) in [6.45, 7) is 2.20. The first-order valence-corrected chi connectivity index (χ1v) is 30.7. The normalized spacial score (nSPS) is 24.4. The van der Waals surface area contributed by atoms with Crippen molar-refractivity contribution in [2.24, 2.45) is 0 Å². The van der Waals surface area contributed by atoms with Crippen molar-refractivity contribution in [3.63, 3.8) is 0 Å². The maximum atomic E-state index is 8.12. The van der Waals surface area contributed by atoms with E-state index >= 15 is 0 Å². The Bertz CT molecular complexity index is 3440. The highest BCUT2D eigenvalue weighted by Gasteiger charge is 2.56. The maximum absolute atomic E-state index is 8.12. The molecule has 0 unspecified atom stereocenters. The molecule has 13 rings (SSSR count). The molecule has 88 heavy (non-hydrogen) atoms. The second-order valence-corrected chi connectivity index (χ2v) is 22.9. The van der Waals surface area contributed by atoms with Gasteiger partial charge in [0.1, 0.15) is 73.2 Å². The van der Waals surface area contributed by atoms with Gasteiger partial charge in [-0.1, -0.05) is 267 Å². The van der Waals surface area contributed by atoms with Crippen LogP contribution in [0.4, 0.5) is 0 Å². The molecule has 3 aliphatic heterocycles. The number of hydrogen-bond donors (Lipinski definition) is 0. The van der Waals surface area contributed by atoms with Crippen LogP contribution in [0.15, 0.2) is 279 Å². The van der Waals surface area contributed by atoms with Gasteiger partial charge in [0.15, 0.2) is 0 Å². The minimum absolute atomic E-state index is 0.183. The standard InChI is InChI=1S/C78H74O10/c1-9-27-55(28-10-1)47-79-53-67-73(81-49-57-31-13-3-14-32-57)75(83-51-59-35-17-5-18-36-59)77-71(85-67)65-45-63-43-25-26-44-64(63)46-66(65)72-78(88-70(62-41-23-8-24-42-62)69(87-77)61-39-21-7-22-40-61)76(84-52-60-37-19-6-20-38-60)74(82-50-58-33-15-4-16-34-58)68(86-72)54-80-48-56-29-11-2-12-30-56/h1-46,67-78H,47-54H2/t67-,68-,69+,70+,71+,72+,73-,74-,75+,76+,77+,78+/m1/s1. The smallest absolute Gasteiger partial charge is 0.118 e. The summed E-state index contributed by atoms with van der Waals surface area (Å²) in [5.41, 5.74) is 9.61. The summed E-state index contributed by atoms with van der Waals surface area (Å²) in [5, 5.41) is 2.03. The summed E-state index contributed by atoms with van der Waals surface area (Å²) in [6.07, 6.45) is -9.12. The number of ether oxygens (including phenoxy) is 10. The van der Waals surface area contributed by atoms with Crippen LogP contribution in [0.25, 0.3) is 10.8 Å². The fourth-order valence-electron chi connectivity index (χ4n) is 12.5. The van der Waals surface area contributed by atoms with E-state index in [0.29, 0.717) is 13.2 Å². The van der Waals surface area contributed by atoms with Crippen LogP contribution in [0.2, 0.25) is 0 Å². The van der Waals surface area contributed by atoms with E-state index in [1.165, 1.54) is 0 Å². The lowest BCUT2D eigenvalue weighted by atomic mass is 9.81. The summed E-state index contributed by atoms with van der Waals surface area (Å²) in [4.78, 5) is 0. The zero-order valence-corrected chi connectivity index (χ0v) is 49.2. The Morgan fingerprint density at radius 2 is 0.511 bits per heavy atom. The van der Waals surface area contributed by atoms with Crippen molar-refractivity contribution in [3.8, 4) is 0 Å². The third kappa shape index (κ3) is 14.5. The molecule has 2 fully saturated rings. The zero-order chi connectivity index (χ0) is 59.1. The summed E-state index contributed by atoms with van der Waals surface area (Å²) < 4.78 is 75.1. The first-order valence-electron chi connectivity index (χ1n) is 30.7. The molecular weight excluding hydrogens is 1100 g/mol. The highest BCUT2D eigenvalue weighted by Crippen LogP contribution is 2.51. The van der Waals surface area contributed by atoms with Gasteiger partial charge in [0.2, 0.25) is 0 Å². The minimum Gasteiger partial charge on any atom is -0.374 e. The van der Waals surface area contributed by atoms with E-state index in [1.54, 1.807) is 0 Å². The molecule has 3 aliphatic rings. The molecule has 10 aromatic rings. The quantitative estimate of drug-likeness (QED) is 0.0653. The van der Waals surface area contributed by atoms with Crippen molar-refractivity contribution >= 4 is 10.8 Å². The first-order chi connectivity index (χ1) is 43.6. The van der Waals surface area contributed by atoms with Gasteiger partial charge in [-0.25, -0.2) is 0 Å². The van der Waals surface area contributed by atoms with E-state index in [9.17, 15) is 0 Å². The third-order valence-electron chi connectivity index (χ3n) is 16.9. The number of benzene rings is 10. The van der Waals surface area contributed by atoms with Crippen LogP contribution >= 0.6 is 0 Å². The predicted octanol–water partition coefficient (Wildman–Crippen LogP) is 15.8. The first kappa shape index (κ1) is 59.0. The molecule has 2 saturated heterocycles. The summed E-state index contributed by atoms with van der Waals surface area (Å²) in [5.74, 6) is 0. The zero-order valence-electron chi connectivity index (χ0n) is 49.2. The largest absolute Gasteiger partial charge is 0.374 e. The molecule has 0 aromatic heterocycles. The molecule has 10 heteroatoms. The molecule has 0 bridgehead atoms. The van der Waals surface area contributed by atoms with Crippen molar-refractivity contribution in [2.45, 2.75) is 113 Å². The second kappa shape index (κ2) is 29.4. The van der Waals surface area contributed by atoms with Gasteiger partial charge in [-0.05, 0) is 78.5 Å². The van der Waals surface area contributed by atoms with Crippen LogP contribution in [-0.4, -0.2) is 62.0 Å². The van der Waals surface area contributed by atoms with Crippen molar-refractivity contribution in [3.05, 3.63) is 335 Å². The van der Waals surface area contributed by atoms with Crippen LogP contribution in [0.3, 0.4) is 0 Å². The van der Waals surface area contributed by atoms with Gasteiger partial charge >= 0.3 is 0 Å². The van der Waals surface area contributed by atoms with E-state index in [1.807, 2.05) is 121 Å². The molecule has 12 atom stereocenters. The highest BCUT2D eigenvalue weighted by atomic mass is 16.7.